The van der Waals surface area contributed by atoms with Crippen LogP contribution in [-0.4, -0.2) is 25.7 Å². The quantitative estimate of drug-likeness (QED) is 0.654. The Kier molecular flexibility index (Phi) is 3.13. The van der Waals surface area contributed by atoms with E-state index in [2.05, 4.69) is 38.6 Å². The molecule has 0 bridgehead atoms. The van der Waals surface area contributed by atoms with Crippen LogP contribution in [0, 0.1) is 5.92 Å². The summed E-state index contributed by atoms with van der Waals surface area (Å²) in [6.45, 7) is 4.67. The van der Waals surface area contributed by atoms with Gasteiger partial charge in [-0.25, -0.2) is 0 Å². The summed E-state index contributed by atoms with van der Waals surface area (Å²) in [5, 5.41) is 6.82. The third-order valence-electron chi connectivity index (χ3n) is 3.19. The molecule has 0 aromatic carbocycles. The van der Waals surface area contributed by atoms with E-state index in [0.717, 1.165) is 5.92 Å². The van der Waals surface area contributed by atoms with Crippen molar-refractivity contribution in [3.63, 3.8) is 0 Å². The van der Waals surface area contributed by atoms with E-state index in [1.165, 1.54) is 19.3 Å². The van der Waals surface area contributed by atoms with Crippen LogP contribution in [0.25, 0.3) is 0 Å². The first-order valence-corrected chi connectivity index (χ1v) is 4.96. The second-order valence-electron chi connectivity index (χ2n) is 4.55. The fourth-order valence-electron chi connectivity index (χ4n) is 2.47. The highest BCUT2D eigenvalue weighted by atomic mass is 15.0. The largest absolute Gasteiger partial charge is 0.317 e. The van der Waals surface area contributed by atoms with Crippen LogP contribution < -0.4 is 10.6 Å². The number of hydrogen-bond donors (Lipinski definition) is 2. The predicted octanol–water partition coefficient (Wildman–Crippen LogP) is 1.37. The Hall–Kier alpha value is -0.0800. The smallest absolute Gasteiger partial charge is 0.0167 e. The van der Waals surface area contributed by atoms with Gasteiger partial charge in [0, 0.05) is 11.6 Å². The van der Waals surface area contributed by atoms with E-state index in [1.807, 2.05) is 0 Å². The summed E-state index contributed by atoms with van der Waals surface area (Å²) in [6, 6.07) is 0.700. The molecule has 3 atom stereocenters. The van der Waals surface area contributed by atoms with Crippen LogP contribution in [0.1, 0.15) is 33.1 Å². The molecule has 0 saturated heterocycles. The monoisotopic (exact) mass is 170 g/mol. The molecule has 0 spiro atoms. The van der Waals surface area contributed by atoms with Crippen molar-refractivity contribution in [1.82, 2.24) is 10.6 Å². The van der Waals surface area contributed by atoms with Crippen molar-refractivity contribution in [2.24, 2.45) is 5.92 Å². The third-order valence-corrected chi connectivity index (χ3v) is 3.19. The van der Waals surface area contributed by atoms with E-state index in [4.69, 9.17) is 0 Å². The van der Waals surface area contributed by atoms with Crippen LogP contribution in [0.4, 0.5) is 0 Å². The van der Waals surface area contributed by atoms with Crippen LogP contribution in [0.2, 0.25) is 0 Å². The molecule has 1 fully saturated rings. The highest BCUT2D eigenvalue weighted by molar-refractivity contribution is 4.93. The zero-order chi connectivity index (χ0) is 9.19. The maximum absolute atomic E-state index is 3.44. The van der Waals surface area contributed by atoms with Gasteiger partial charge < -0.3 is 10.6 Å². The lowest BCUT2D eigenvalue weighted by Gasteiger charge is -2.41. The first kappa shape index (κ1) is 10.0. The van der Waals surface area contributed by atoms with Crippen molar-refractivity contribution < 1.29 is 0 Å². The standard InChI is InChI=1S/C10H22N2/c1-8-5-9(11-3)7-10(2,6-8)12-4/h8-9,11-12H,5-7H2,1-4H3. The SMILES string of the molecule is CNC1CC(C)CC(C)(NC)C1. The third kappa shape index (κ3) is 2.20. The number of nitrogens with one attached hydrogen (secondary N) is 2. The van der Waals surface area contributed by atoms with Crippen LogP contribution in [-0.2, 0) is 0 Å². The van der Waals surface area contributed by atoms with Crippen molar-refractivity contribution in [2.45, 2.75) is 44.7 Å². The fourth-order valence-corrected chi connectivity index (χ4v) is 2.47. The van der Waals surface area contributed by atoms with Crippen molar-refractivity contribution in [2.75, 3.05) is 14.1 Å². The molecule has 2 N–H and O–H groups in total. The molecular weight excluding hydrogens is 148 g/mol. The van der Waals surface area contributed by atoms with Crippen molar-refractivity contribution in [3.05, 3.63) is 0 Å². The van der Waals surface area contributed by atoms with Gasteiger partial charge >= 0.3 is 0 Å². The Bertz CT molecular complexity index is 147. The lowest BCUT2D eigenvalue weighted by molar-refractivity contribution is 0.181. The first-order valence-electron chi connectivity index (χ1n) is 4.96. The molecule has 0 aromatic rings. The van der Waals surface area contributed by atoms with E-state index in [0.29, 0.717) is 11.6 Å². The molecule has 0 aromatic heterocycles. The van der Waals surface area contributed by atoms with Gasteiger partial charge in [-0.2, -0.15) is 0 Å². The van der Waals surface area contributed by atoms with Gasteiger partial charge in [0.25, 0.3) is 0 Å². The Labute approximate surface area is 76.1 Å². The Balaban J connectivity index is 2.56. The van der Waals surface area contributed by atoms with Gasteiger partial charge in [-0.1, -0.05) is 6.92 Å². The average Bonchev–Trinajstić information content (AvgIpc) is 2.03. The van der Waals surface area contributed by atoms with E-state index < -0.39 is 0 Å². The average molecular weight is 170 g/mol. The molecule has 0 heterocycles. The predicted molar refractivity (Wildman–Crippen MR) is 53.3 cm³/mol. The minimum absolute atomic E-state index is 0.353. The highest BCUT2D eigenvalue weighted by Gasteiger charge is 2.33. The molecule has 12 heavy (non-hydrogen) atoms. The highest BCUT2D eigenvalue weighted by Crippen LogP contribution is 2.31. The van der Waals surface area contributed by atoms with Gasteiger partial charge in [0.15, 0.2) is 0 Å². The molecule has 72 valence electrons. The summed E-state index contributed by atoms with van der Waals surface area (Å²) >= 11 is 0. The molecule has 1 saturated carbocycles. The van der Waals surface area contributed by atoms with Gasteiger partial charge in [-0.3, -0.25) is 0 Å². The lowest BCUT2D eigenvalue weighted by atomic mass is 9.75. The molecule has 1 rings (SSSR count). The van der Waals surface area contributed by atoms with Crippen molar-refractivity contribution >= 4 is 0 Å². The van der Waals surface area contributed by atoms with Crippen LogP contribution in [0.15, 0.2) is 0 Å². The minimum Gasteiger partial charge on any atom is -0.317 e. The molecule has 2 nitrogen and oxygen atoms in total. The summed E-state index contributed by atoms with van der Waals surface area (Å²) in [6.07, 6.45) is 3.89. The second-order valence-corrected chi connectivity index (χ2v) is 4.55. The first-order chi connectivity index (χ1) is 5.59. The van der Waals surface area contributed by atoms with Crippen LogP contribution in [0.3, 0.4) is 0 Å². The lowest BCUT2D eigenvalue weighted by Crippen LogP contribution is -2.50. The van der Waals surface area contributed by atoms with E-state index >= 15 is 0 Å². The van der Waals surface area contributed by atoms with Crippen LogP contribution in [0.5, 0.6) is 0 Å². The maximum atomic E-state index is 3.44. The molecule has 0 radical (unpaired) electrons. The summed E-state index contributed by atoms with van der Waals surface area (Å²) in [7, 11) is 4.14. The molecule has 1 aliphatic carbocycles. The van der Waals surface area contributed by atoms with Gasteiger partial charge in [0.2, 0.25) is 0 Å². The van der Waals surface area contributed by atoms with Gasteiger partial charge in [-0.15, -0.1) is 0 Å². The van der Waals surface area contributed by atoms with E-state index in [1.54, 1.807) is 0 Å². The number of rotatable bonds is 2. The Morgan fingerprint density at radius 1 is 1.25 bits per heavy atom. The summed E-state index contributed by atoms with van der Waals surface area (Å²) in [5.41, 5.74) is 0.353. The summed E-state index contributed by atoms with van der Waals surface area (Å²) < 4.78 is 0. The minimum atomic E-state index is 0.353. The van der Waals surface area contributed by atoms with Gasteiger partial charge in [0.1, 0.15) is 0 Å². The molecular formula is C10H22N2. The molecule has 1 aliphatic rings. The molecule has 0 amide bonds. The van der Waals surface area contributed by atoms with Gasteiger partial charge in [-0.05, 0) is 46.2 Å². The molecule has 2 heteroatoms. The topological polar surface area (TPSA) is 24.1 Å². The zero-order valence-electron chi connectivity index (χ0n) is 8.78. The van der Waals surface area contributed by atoms with Crippen molar-refractivity contribution in [3.8, 4) is 0 Å². The second kappa shape index (κ2) is 3.75. The normalized spacial score (nSPS) is 43.0. The fraction of sp³-hybridized carbons (Fsp3) is 1.00. The summed E-state index contributed by atoms with van der Waals surface area (Å²) in [5.74, 6) is 0.841. The van der Waals surface area contributed by atoms with E-state index in [9.17, 15) is 0 Å². The zero-order valence-corrected chi connectivity index (χ0v) is 8.78. The Morgan fingerprint density at radius 2 is 1.92 bits per heavy atom. The molecule has 3 unspecified atom stereocenters. The summed E-state index contributed by atoms with van der Waals surface area (Å²) in [4.78, 5) is 0. The van der Waals surface area contributed by atoms with Crippen LogP contribution >= 0.6 is 0 Å². The van der Waals surface area contributed by atoms with Gasteiger partial charge in [0.05, 0.1) is 0 Å². The van der Waals surface area contributed by atoms with E-state index in [-0.39, 0.29) is 0 Å². The molecule has 0 aliphatic heterocycles. The maximum Gasteiger partial charge on any atom is 0.0167 e. The number of hydrogen-bond acceptors (Lipinski definition) is 2. The Morgan fingerprint density at radius 3 is 2.42 bits per heavy atom. The van der Waals surface area contributed by atoms with Crippen molar-refractivity contribution in [1.29, 1.82) is 0 Å².